The molecule has 5 rings (SSSR count). The number of ether oxygens (including phenoxy) is 1. The van der Waals surface area contributed by atoms with Crippen molar-refractivity contribution in [3.63, 3.8) is 0 Å². The van der Waals surface area contributed by atoms with Gasteiger partial charge in [0.2, 0.25) is 11.8 Å². The lowest BCUT2D eigenvalue weighted by Gasteiger charge is -2.25. The number of alkyl halides is 2. The number of fused-ring (bicyclic) bond motifs is 1. The summed E-state index contributed by atoms with van der Waals surface area (Å²) in [5.74, 6) is -3.74. The predicted octanol–water partition coefficient (Wildman–Crippen LogP) is 3.40. The molecule has 1 aliphatic carbocycles. The standard InChI is InChI=1S/C32H34F2N6O4/c33-32(34)16-24(17-35)40(19-32)29(41)18-39-31(43)26-11-12-37-28-10-5-22(15-27(26)28)20-3-8-25(9-4-20)44-14-13-38-30(42)21-1-6-23(36)7-2-21/h3-5,8-12,15,21,23-24H,1-2,6-7,13-14,16,18-19,36H2,(H,38,42)(H,39,43)/t21?,23?,24-/m0/s1. The van der Waals surface area contributed by atoms with Crippen molar-refractivity contribution >= 4 is 28.6 Å². The molecule has 0 unspecified atom stereocenters. The Bertz CT molecular complexity index is 1570. The van der Waals surface area contributed by atoms with Gasteiger partial charge in [-0.1, -0.05) is 18.2 Å². The number of carbonyl (C=O) groups excluding carboxylic acids is 3. The smallest absolute Gasteiger partial charge is 0.268 e. The van der Waals surface area contributed by atoms with E-state index in [2.05, 4.69) is 15.6 Å². The second-order valence-corrected chi connectivity index (χ2v) is 11.3. The molecule has 2 heterocycles. The second-order valence-electron chi connectivity index (χ2n) is 11.3. The number of hydrogen-bond acceptors (Lipinski definition) is 7. The average Bonchev–Trinajstić information content (AvgIpc) is 3.36. The van der Waals surface area contributed by atoms with E-state index in [9.17, 15) is 23.2 Å². The Labute approximate surface area is 253 Å². The monoisotopic (exact) mass is 604 g/mol. The van der Waals surface area contributed by atoms with Crippen molar-refractivity contribution in [2.75, 3.05) is 26.2 Å². The minimum Gasteiger partial charge on any atom is -0.492 e. The van der Waals surface area contributed by atoms with Crippen LogP contribution < -0.4 is 21.1 Å². The first kappa shape index (κ1) is 30.8. The summed E-state index contributed by atoms with van der Waals surface area (Å²) in [5.41, 5.74) is 8.44. The molecule has 2 aromatic carbocycles. The van der Waals surface area contributed by atoms with E-state index in [0.29, 0.717) is 29.8 Å². The first-order valence-corrected chi connectivity index (χ1v) is 14.6. The minimum absolute atomic E-state index is 0.0169. The van der Waals surface area contributed by atoms with Crippen LogP contribution in [0.25, 0.3) is 22.0 Å². The Morgan fingerprint density at radius 2 is 1.77 bits per heavy atom. The van der Waals surface area contributed by atoms with Crippen molar-refractivity contribution in [3.05, 3.63) is 60.3 Å². The first-order valence-electron chi connectivity index (χ1n) is 14.6. The summed E-state index contributed by atoms with van der Waals surface area (Å²) in [6.07, 6.45) is 4.14. The number of aromatic nitrogens is 1. The summed E-state index contributed by atoms with van der Waals surface area (Å²) < 4.78 is 33.3. The molecule has 2 aliphatic rings. The molecule has 1 saturated carbocycles. The molecule has 44 heavy (non-hydrogen) atoms. The van der Waals surface area contributed by atoms with Crippen molar-refractivity contribution in [3.8, 4) is 22.9 Å². The fourth-order valence-electron chi connectivity index (χ4n) is 5.68. The lowest BCUT2D eigenvalue weighted by molar-refractivity contribution is -0.131. The molecular formula is C32H34F2N6O4. The van der Waals surface area contributed by atoms with Gasteiger partial charge in [0.15, 0.2) is 0 Å². The molecule has 0 radical (unpaired) electrons. The van der Waals surface area contributed by atoms with Crippen molar-refractivity contribution < 1.29 is 27.9 Å². The average molecular weight is 605 g/mol. The number of benzene rings is 2. The van der Waals surface area contributed by atoms with E-state index in [4.69, 9.17) is 15.7 Å². The van der Waals surface area contributed by atoms with Gasteiger partial charge in [-0.05, 0) is 67.1 Å². The number of likely N-dealkylation sites (tertiary alicyclic amines) is 1. The van der Waals surface area contributed by atoms with Gasteiger partial charge in [0.1, 0.15) is 18.4 Å². The number of pyridine rings is 1. The maximum absolute atomic E-state index is 13.7. The van der Waals surface area contributed by atoms with E-state index in [-0.39, 0.29) is 23.4 Å². The highest BCUT2D eigenvalue weighted by atomic mass is 19.3. The Morgan fingerprint density at radius 1 is 1.05 bits per heavy atom. The molecule has 2 fully saturated rings. The van der Waals surface area contributed by atoms with Gasteiger partial charge in [0.25, 0.3) is 11.8 Å². The van der Waals surface area contributed by atoms with Crippen molar-refractivity contribution in [2.24, 2.45) is 11.7 Å². The van der Waals surface area contributed by atoms with Gasteiger partial charge in [0.05, 0.1) is 36.8 Å². The zero-order chi connectivity index (χ0) is 31.3. The van der Waals surface area contributed by atoms with Gasteiger partial charge in [0, 0.05) is 30.0 Å². The Balaban J connectivity index is 1.18. The maximum Gasteiger partial charge on any atom is 0.268 e. The highest BCUT2D eigenvalue weighted by Crippen LogP contribution is 2.32. The molecule has 3 aromatic rings. The van der Waals surface area contributed by atoms with Crippen LogP contribution in [0.3, 0.4) is 0 Å². The van der Waals surface area contributed by atoms with Crippen LogP contribution in [-0.2, 0) is 9.59 Å². The molecule has 1 aromatic heterocycles. The van der Waals surface area contributed by atoms with Crippen molar-refractivity contribution in [1.29, 1.82) is 5.26 Å². The van der Waals surface area contributed by atoms with E-state index in [1.165, 1.54) is 12.3 Å². The topological polar surface area (TPSA) is 150 Å². The largest absolute Gasteiger partial charge is 0.492 e. The molecule has 12 heteroatoms. The van der Waals surface area contributed by atoms with Gasteiger partial charge < -0.3 is 26.0 Å². The van der Waals surface area contributed by atoms with Gasteiger partial charge in [-0.15, -0.1) is 0 Å². The van der Waals surface area contributed by atoms with Crippen molar-refractivity contribution in [1.82, 2.24) is 20.5 Å². The Hall–Kier alpha value is -4.63. The van der Waals surface area contributed by atoms with Crippen LogP contribution in [-0.4, -0.2) is 71.9 Å². The van der Waals surface area contributed by atoms with Crippen LogP contribution in [0.1, 0.15) is 42.5 Å². The molecule has 0 spiro atoms. The lowest BCUT2D eigenvalue weighted by atomic mass is 9.86. The highest BCUT2D eigenvalue weighted by molar-refractivity contribution is 6.07. The maximum atomic E-state index is 13.7. The summed E-state index contributed by atoms with van der Waals surface area (Å²) in [5, 5.41) is 15.1. The zero-order valence-electron chi connectivity index (χ0n) is 24.1. The molecule has 0 bridgehead atoms. The number of nitrogens with two attached hydrogens (primary N) is 1. The molecule has 4 N–H and O–H groups in total. The van der Waals surface area contributed by atoms with Crippen LogP contribution >= 0.6 is 0 Å². The number of nitrogens with one attached hydrogen (secondary N) is 2. The number of rotatable bonds is 9. The van der Waals surface area contributed by atoms with Crippen LogP contribution in [0.5, 0.6) is 5.75 Å². The number of hydrogen-bond donors (Lipinski definition) is 3. The van der Waals surface area contributed by atoms with Gasteiger partial charge in [-0.2, -0.15) is 5.26 Å². The number of nitrogens with zero attached hydrogens (tertiary/aromatic N) is 3. The fraction of sp³-hybridized carbons (Fsp3) is 0.406. The van der Waals surface area contributed by atoms with Gasteiger partial charge in [-0.3, -0.25) is 19.4 Å². The van der Waals surface area contributed by atoms with Crippen LogP contribution in [0, 0.1) is 17.2 Å². The zero-order valence-corrected chi connectivity index (χ0v) is 24.1. The molecule has 10 nitrogen and oxygen atoms in total. The van der Waals surface area contributed by atoms with Gasteiger partial charge >= 0.3 is 0 Å². The summed E-state index contributed by atoms with van der Waals surface area (Å²) in [6.45, 7) is -0.632. The van der Waals surface area contributed by atoms with Crippen LogP contribution in [0.15, 0.2) is 54.7 Å². The molecular weight excluding hydrogens is 570 g/mol. The minimum atomic E-state index is -3.14. The third kappa shape index (κ3) is 7.29. The van der Waals surface area contributed by atoms with Gasteiger partial charge in [-0.25, -0.2) is 8.78 Å². The van der Waals surface area contributed by atoms with E-state index in [0.717, 1.165) is 41.7 Å². The number of amides is 3. The number of halogens is 2. The van der Waals surface area contributed by atoms with Crippen molar-refractivity contribution in [2.45, 2.75) is 50.1 Å². The number of nitriles is 1. The first-order chi connectivity index (χ1) is 21.1. The summed E-state index contributed by atoms with van der Waals surface area (Å²) >= 11 is 0. The molecule has 3 amide bonds. The SMILES string of the molecule is N#C[C@@H]1CC(F)(F)CN1C(=O)CNC(=O)c1ccnc2ccc(-c3ccc(OCCNC(=O)C4CCC(N)CC4)cc3)cc12. The molecule has 1 saturated heterocycles. The summed E-state index contributed by atoms with van der Waals surface area (Å²) in [6, 6.07) is 15.1. The van der Waals surface area contributed by atoms with E-state index in [1.807, 2.05) is 36.4 Å². The Morgan fingerprint density at radius 3 is 2.50 bits per heavy atom. The second kappa shape index (κ2) is 13.3. The lowest BCUT2D eigenvalue weighted by Crippen LogP contribution is -2.43. The predicted molar refractivity (Wildman–Crippen MR) is 159 cm³/mol. The van der Waals surface area contributed by atoms with E-state index < -0.39 is 43.3 Å². The summed E-state index contributed by atoms with van der Waals surface area (Å²) in [7, 11) is 0. The summed E-state index contributed by atoms with van der Waals surface area (Å²) in [4.78, 5) is 43.1. The van der Waals surface area contributed by atoms with E-state index in [1.54, 1.807) is 12.1 Å². The van der Waals surface area contributed by atoms with E-state index >= 15 is 0 Å². The molecule has 1 atom stereocenters. The fourth-order valence-corrected chi connectivity index (χ4v) is 5.68. The normalized spacial score (nSPS) is 21.0. The third-order valence-corrected chi connectivity index (χ3v) is 8.13. The third-order valence-electron chi connectivity index (χ3n) is 8.13. The van der Waals surface area contributed by atoms with Crippen LogP contribution in [0.4, 0.5) is 8.78 Å². The number of carbonyl (C=O) groups is 3. The quantitative estimate of drug-likeness (QED) is 0.317. The Kier molecular flexibility index (Phi) is 9.35. The van der Waals surface area contributed by atoms with Crippen LogP contribution in [0.2, 0.25) is 0 Å². The molecule has 230 valence electrons. The highest BCUT2D eigenvalue weighted by Gasteiger charge is 2.47. The molecule has 1 aliphatic heterocycles.